The summed E-state index contributed by atoms with van der Waals surface area (Å²) in [5, 5.41) is 17.8. The third-order valence-electron chi connectivity index (χ3n) is 3.63. The molecule has 0 N–H and O–H groups in total. The third kappa shape index (κ3) is 3.77. The summed E-state index contributed by atoms with van der Waals surface area (Å²) >= 11 is 0. The van der Waals surface area contributed by atoms with Crippen molar-refractivity contribution in [3.05, 3.63) is 35.4 Å². The SMILES string of the molecule is COC(=C(C#N)C#N)c1ccc(OC2CCCCC2)cc1. The lowest BCUT2D eigenvalue weighted by atomic mass is 9.98. The molecule has 0 heterocycles. The number of hydrogen-bond donors (Lipinski definition) is 0. The van der Waals surface area contributed by atoms with Gasteiger partial charge in [0, 0.05) is 5.56 Å². The topological polar surface area (TPSA) is 66.0 Å². The lowest BCUT2D eigenvalue weighted by Crippen LogP contribution is -2.19. The van der Waals surface area contributed by atoms with E-state index < -0.39 is 0 Å². The average Bonchev–Trinajstić information content (AvgIpc) is 2.54. The van der Waals surface area contributed by atoms with Gasteiger partial charge < -0.3 is 9.47 Å². The molecule has 4 heteroatoms. The standard InChI is InChI=1S/C17H18N2O2/c1-20-17(14(11-18)12-19)13-7-9-16(10-8-13)21-15-5-3-2-4-6-15/h7-10,15H,2-6H2,1H3. The molecule has 1 aliphatic rings. The largest absolute Gasteiger partial charge is 0.494 e. The van der Waals surface area contributed by atoms with Crippen LogP contribution in [0.3, 0.4) is 0 Å². The second-order valence-electron chi connectivity index (χ2n) is 5.03. The molecule has 0 unspecified atom stereocenters. The van der Waals surface area contributed by atoms with Crippen LogP contribution in [-0.4, -0.2) is 13.2 Å². The second-order valence-corrected chi connectivity index (χ2v) is 5.03. The highest BCUT2D eigenvalue weighted by Crippen LogP contribution is 2.26. The predicted octanol–water partition coefficient (Wildman–Crippen LogP) is 3.80. The van der Waals surface area contributed by atoms with Crippen molar-refractivity contribution in [2.75, 3.05) is 7.11 Å². The minimum Gasteiger partial charge on any atom is -0.494 e. The maximum atomic E-state index is 8.92. The Balaban J connectivity index is 2.13. The van der Waals surface area contributed by atoms with Crippen LogP contribution in [0, 0.1) is 22.7 Å². The van der Waals surface area contributed by atoms with Gasteiger partial charge in [-0.15, -0.1) is 0 Å². The number of rotatable bonds is 4. The molecular weight excluding hydrogens is 264 g/mol. The summed E-state index contributed by atoms with van der Waals surface area (Å²) in [6.45, 7) is 0. The summed E-state index contributed by atoms with van der Waals surface area (Å²) in [5.74, 6) is 1.11. The lowest BCUT2D eigenvalue weighted by Gasteiger charge is -2.23. The van der Waals surface area contributed by atoms with E-state index in [-0.39, 0.29) is 5.57 Å². The molecule has 0 bridgehead atoms. The Morgan fingerprint density at radius 2 is 1.67 bits per heavy atom. The van der Waals surface area contributed by atoms with E-state index in [4.69, 9.17) is 20.0 Å². The van der Waals surface area contributed by atoms with Crippen molar-refractivity contribution < 1.29 is 9.47 Å². The number of nitriles is 2. The zero-order valence-corrected chi connectivity index (χ0v) is 12.1. The third-order valence-corrected chi connectivity index (χ3v) is 3.63. The van der Waals surface area contributed by atoms with Crippen molar-refractivity contribution in [1.29, 1.82) is 10.5 Å². The molecule has 0 atom stereocenters. The van der Waals surface area contributed by atoms with Crippen molar-refractivity contribution >= 4 is 5.76 Å². The number of methoxy groups -OCH3 is 1. The quantitative estimate of drug-likeness (QED) is 0.622. The van der Waals surface area contributed by atoms with Crippen LogP contribution in [0.25, 0.3) is 5.76 Å². The van der Waals surface area contributed by atoms with E-state index in [1.54, 1.807) is 0 Å². The van der Waals surface area contributed by atoms with E-state index in [1.807, 2.05) is 36.4 Å². The molecule has 1 aromatic carbocycles. The smallest absolute Gasteiger partial charge is 0.172 e. The highest BCUT2D eigenvalue weighted by atomic mass is 16.5. The Morgan fingerprint density at radius 1 is 1.05 bits per heavy atom. The summed E-state index contributed by atoms with van der Waals surface area (Å²) in [6, 6.07) is 11.0. The van der Waals surface area contributed by atoms with Crippen LogP contribution in [0.1, 0.15) is 37.7 Å². The van der Waals surface area contributed by atoms with E-state index in [0.29, 0.717) is 17.4 Å². The molecule has 21 heavy (non-hydrogen) atoms. The van der Waals surface area contributed by atoms with Crippen LogP contribution in [0.5, 0.6) is 5.75 Å². The first-order valence-corrected chi connectivity index (χ1v) is 7.14. The van der Waals surface area contributed by atoms with Crippen LogP contribution in [0.2, 0.25) is 0 Å². The Labute approximate surface area is 125 Å². The zero-order chi connectivity index (χ0) is 15.1. The first-order chi connectivity index (χ1) is 10.3. The van der Waals surface area contributed by atoms with Crippen molar-refractivity contribution in [2.24, 2.45) is 0 Å². The van der Waals surface area contributed by atoms with E-state index in [9.17, 15) is 0 Å². The Kier molecular flexibility index (Phi) is 5.23. The molecule has 108 valence electrons. The van der Waals surface area contributed by atoms with E-state index in [1.165, 1.54) is 26.4 Å². The van der Waals surface area contributed by atoms with Crippen molar-refractivity contribution in [2.45, 2.75) is 38.2 Å². The van der Waals surface area contributed by atoms with Gasteiger partial charge in [0.15, 0.2) is 11.3 Å². The molecule has 0 saturated heterocycles. The average molecular weight is 282 g/mol. The van der Waals surface area contributed by atoms with Crippen LogP contribution in [0.4, 0.5) is 0 Å². The molecule has 1 fully saturated rings. The van der Waals surface area contributed by atoms with Crippen LogP contribution in [0.15, 0.2) is 29.8 Å². The van der Waals surface area contributed by atoms with Gasteiger partial charge in [0.1, 0.15) is 17.9 Å². The number of hydrogen-bond acceptors (Lipinski definition) is 4. The van der Waals surface area contributed by atoms with Crippen LogP contribution < -0.4 is 4.74 Å². The molecule has 0 radical (unpaired) electrons. The Bertz CT molecular complexity index is 569. The first kappa shape index (κ1) is 14.9. The number of allylic oxidation sites excluding steroid dienone is 1. The predicted molar refractivity (Wildman–Crippen MR) is 79.1 cm³/mol. The van der Waals surface area contributed by atoms with Gasteiger partial charge in [-0.25, -0.2) is 0 Å². The normalized spacial score (nSPS) is 14.6. The first-order valence-electron chi connectivity index (χ1n) is 7.14. The summed E-state index contributed by atoms with van der Waals surface area (Å²) in [5.41, 5.74) is 0.671. The number of nitrogens with zero attached hydrogens (tertiary/aromatic N) is 2. The summed E-state index contributed by atoms with van der Waals surface area (Å²) in [6.07, 6.45) is 6.28. The molecule has 0 aliphatic heterocycles. The minimum absolute atomic E-state index is 0.0292. The molecule has 4 nitrogen and oxygen atoms in total. The van der Waals surface area contributed by atoms with Crippen LogP contribution in [-0.2, 0) is 4.74 Å². The Morgan fingerprint density at radius 3 is 2.19 bits per heavy atom. The molecule has 0 amide bonds. The van der Waals surface area contributed by atoms with E-state index >= 15 is 0 Å². The van der Waals surface area contributed by atoms with E-state index in [2.05, 4.69) is 0 Å². The number of ether oxygens (including phenoxy) is 2. The van der Waals surface area contributed by atoms with Gasteiger partial charge in [-0.3, -0.25) is 0 Å². The van der Waals surface area contributed by atoms with Crippen molar-refractivity contribution in [3.8, 4) is 17.9 Å². The lowest BCUT2D eigenvalue weighted by molar-refractivity contribution is 0.155. The summed E-state index contributed by atoms with van der Waals surface area (Å²) in [4.78, 5) is 0. The maximum Gasteiger partial charge on any atom is 0.172 e. The highest BCUT2D eigenvalue weighted by molar-refractivity contribution is 5.70. The van der Waals surface area contributed by atoms with Gasteiger partial charge in [0.05, 0.1) is 13.2 Å². The van der Waals surface area contributed by atoms with Gasteiger partial charge in [0.2, 0.25) is 0 Å². The zero-order valence-electron chi connectivity index (χ0n) is 12.1. The molecule has 1 saturated carbocycles. The van der Waals surface area contributed by atoms with Crippen molar-refractivity contribution in [3.63, 3.8) is 0 Å². The molecule has 0 spiro atoms. The maximum absolute atomic E-state index is 8.92. The molecule has 1 aromatic rings. The van der Waals surface area contributed by atoms with Gasteiger partial charge in [-0.1, -0.05) is 6.42 Å². The summed E-state index contributed by atoms with van der Waals surface area (Å²) in [7, 11) is 1.45. The van der Waals surface area contributed by atoms with Crippen molar-refractivity contribution in [1.82, 2.24) is 0 Å². The van der Waals surface area contributed by atoms with Gasteiger partial charge >= 0.3 is 0 Å². The van der Waals surface area contributed by atoms with Gasteiger partial charge in [0.25, 0.3) is 0 Å². The number of benzene rings is 1. The summed E-state index contributed by atoms with van der Waals surface area (Å²) < 4.78 is 11.1. The Hall–Kier alpha value is -2.46. The molecule has 1 aliphatic carbocycles. The fraction of sp³-hybridized carbons (Fsp3) is 0.412. The monoisotopic (exact) mass is 282 g/mol. The highest BCUT2D eigenvalue weighted by Gasteiger charge is 2.15. The van der Waals surface area contributed by atoms with Crippen LogP contribution >= 0.6 is 0 Å². The minimum atomic E-state index is -0.0292. The molecule has 0 aromatic heterocycles. The molecular formula is C17H18N2O2. The van der Waals surface area contributed by atoms with Gasteiger partial charge in [-0.05, 0) is 49.9 Å². The fourth-order valence-corrected chi connectivity index (χ4v) is 2.55. The van der Waals surface area contributed by atoms with E-state index in [0.717, 1.165) is 18.6 Å². The fourth-order valence-electron chi connectivity index (χ4n) is 2.55. The second kappa shape index (κ2) is 7.36. The van der Waals surface area contributed by atoms with Gasteiger partial charge in [-0.2, -0.15) is 10.5 Å². The molecule has 2 rings (SSSR count).